The van der Waals surface area contributed by atoms with Gasteiger partial charge in [-0.25, -0.2) is 13.6 Å². The maximum atomic E-state index is 11.8. The van der Waals surface area contributed by atoms with Gasteiger partial charge in [-0.3, -0.25) is 0 Å². The van der Waals surface area contributed by atoms with E-state index in [0.29, 0.717) is 24.5 Å². The number of fused-ring (bicyclic) bond motifs is 2. The zero-order valence-electron chi connectivity index (χ0n) is 17.6. The Labute approximate surface area is 196 Å². The van der Waals surface area contributed by atoms with Crippen molar-refractivity contribution >= 4 is 31.4 Å². The van der Waals surface area contributed by atoms with Crippen molar-refractivity contribution in [3.63, 3.8) is 0 Å². The maximum Gasteiger partial charge on any atom is 0.238 e. The van der Waals surface area contributed by atoms with Crippen LogP contribution in [0, 0.1) is 12.3 Å². The molecule has 0 radical (unpaired) electrons. The molecule has 0 fully saturated rings. The summed E-state index contributed by atoms with van der Waals surface area (Å²) in [5.41, 5.74) is 1.83. The molecule has 0 aliphatic carbocycles. The largest absolute Gasteiger partial charge is 0.490 e. The third kappa shape index (κ3) is 4.21. The van der Waals surface area contributed by atoms with Crippen molar-refractivity contribution in [2.45, 2.75) is 23.3 Å². The van der Waals surface area contributed by atoms with E-state index in [2.05, 4.69) is 24.1 Å². The van der Waals surface area contributed by atoms with Crippen molar-refractivity contribution < 1.29 is 17.9 Å². The van der Waals surface area contributed by atoms with Crippen molar-refractivity contribution in [1.82, 2.24) is 0 Å². The first-order valence-electron chi connectivity index (χ1n) is 10.4. The second kappa shape index (κ2) is 8.56. The lowest BCUT2D eigenvalue weighted by Crippen LogP contribution is -2.27. The van der Waals surface area contributed by atoms with Gasteiger partial charge in [0.25, 0.3) is 0 Å². The molecule has 1 aliphatic heterocycles. The standard InChI is InChI=1S/C26H21NO4S2/c1-2-17-7-3-5-9-20(17)26(25-15-18-8-4-6-10-24(18)32-25)22-13-14-30-23-16-19(33(27,28)29)11-12-21(23)31-22/h1,3-12,15-16,22,26H,13-14H2,(H2,27,28,29)/t22?,26-/m1/s1. The molecule has 1 aliphatic rings. The SMILES string of the molecule is C#Cc1ccccc1[C@@H](c1cc2ccccc2s1)C1CCOc2cc(S(N)(=O)=O)ccc2O1. The molecule has 0 saturated carbocycles. The molecule has 0 amide bonds. The van der Waals surface area contributed by atoms with Crippen LogP contribution < -0.4 is 14.6 Å². The van der Waals surface area contributed by atoms with E-state index in [4.69, 9.17) is 21.0 Å². The highest BCUT2D eigenvalue weighted by Gasteiger charge is 2.32. The van der Waals surface area contributed by atoms with Gasteiger partial charge < -0.3 is 9.47 Å². The van der Waals surface area contributed by atoms with Crippen LogP contribution in [0.25, 0.3) is 10.1 Å². The minimum atomic E-state index is -3.84. The lowest BCUT2D eigenvalue weighted by Gasteiger charge is -2.27. The summed E-state index contributed by atoms with van der Waals surface area (Å²) in [6.45, 7) is 0.366. The number of rotatable bonds is 4. The number of benzene rings is 3. The Morgan fingerprint density at radius 3 is 2.61 bits per heavy atom. The Kier molecular flexibility index (Phi) is 5.59. The number of ether oxygens (including phenoxy) is 2. The fourth-order valence-corrected chi connectivity index (χ4v) is 5.98. The second-order valence-electron chi connectivity index (χ2n) is 7.84. The van der Waals surface area contributed by atoms with Crippen LogP contribution in [-0.4, -0.2) is 21.1 Å². The Hall–Kier alpha value is -3.31. The molecule has 1 aromatic heterocycles. The molecule has 2 N–H and O–H groups in total. The first kappa shape index (κ1) is 21.5. The van der Waals surface area contributed by atoms with E-state index in [1.54, 1.807) is 17.4 Å². The van der Waals surface area contributed by atoms with Gasteiger partial charge in [0.1, 0.15) is 6.10 Å². The summed E-state index contributed by atoms with van der Waals surface area (Å²) in [7, 11) is -3.84. The molecule has 0 saturated heterocycles. The normalized spacial score (nSPS) is 16.7. The third-order valence-corrected chi connectivity index (χ3v) is 7.87. The first-order valence-corrected chi connectivity index (χ1v) is 12.8. The highest BCUT2D eigenvalue weighted by Crippen LogP contribution is 2.42. The molecule has 3 aromatic carbocycles. The molecule has 33 heavy (non-hydrogen) atoms. The van der Waals surface area contributed by atoms with Crippen LogP contribution in [0.5, 0.6) is 11.5 Å². The van der Waals surface area contributed by atoms with Crippen molar-refractivity contribution in [3.05, 3.63) is 88.8 Å². The molecule has 0 bridgehead atoms. The Morgan fingerprint density at radius 2 is 1.82 bits per heavy atom. The van der Waals surface area contributed by atoms with Crippen molar-refractivity contribution in [2.75, 3.05) is 6.61 Å². The highest BCUT2D eigenvalue weighted by atomic mass is 32.2. The van der Waals surface area contributed by atoms with Crippen LogP contribution in [-0.2, 0) is 10.0 Å². The summed E-state index contributed by atoms with van der Waals surface area (Å²) in [4.78, 5) is 1.13. The molecule has 0 spiro atoms. The van der Waals surface area contributed by atoms with Crippen LogP contribution in [0.1, 0.15) is 28.3 Å². The molecule has 2 atom stereocenters. The van der Waals surface area contributed by atoms with E-state index in [1.165, 1.54) is 22.2 Å². The van der Waals surface area contributed by atoms with Crippen molar-refractivity contribution in [1.29, 1.82) is 0 Å². The molecule has 1 unspecified atom stereocenters. The maximum absolute atomic E-state index is 11.8. The van der Waals surface area contributed by atoms with Gasteiger partial charge in [-0.2, -0.15) is 0 Å². The second-order valence-corrected chi connectivity index (χ2v) is 10.5. The quantitative estimate of drug-likeness (QED) is 0.426. The first-order chi connectivity index (χ1) is 15.9. The van der Waals surface area contributed by atoms with E-state index in [1.807, 2.05) is 36.4 Å². The lowest BCUT2D eigenvalue weighted by molar-refractivity contribution is 0.174. The number of thiophene rings is 1. The van der Waals surface area contributed by atoms with E-state index in [-0.39, 0.29) is 16.9 Å². The van der Waals surface area contributed by atoms with Gasteiger partial charge in [0, 0.05) is 27.6 Å². The molecule has 7 heteroatoms. The Morgan fingerprint density at radius 1 is 1.03 bits per heavy atom. The topological polar surface area (TPSA) is 78.6 Å². The minimum Gasteiger partial charge on any atom is -0.490 e. The monoisotopic (exact) mass is 475 g/mol. The van der Waals surface area contributed by atoms with E-state index in [0.717, 1.165) is 16.0 Å². The summed E-state index contributed by atoms with van der Waals surface area (Å²) >= 11 is 1.72. The summed E-state index contributed by atoms with van der Waals surface area (Å²) < 4.78 is 37.1. The summed E-state index contributed by atoms with van der Waals surface area (Å²) in [5.74, 6) is 3.54. The van der Waals surface area contributed by atoms with Gasteiger partial charge in [0.05, 0.1) is 17.4 Å². The summed E-state index contributed by atoms with van der Waals surface area (Å²) in [5, 5.41) is 6.45. The molecular formula is C26H21NO4S2. The predicted octanol–water partition coefficient (Wildman–Crippen LogP) is 4.89. The van der Waals surface area contributed by atoms with E-state index >= 15 is 0 Å². The average Bonchev–Trinajstić information content (AvgIpc) is 3.11. The number of nitrogens with two attached hydrogens (primary N) is 1. The van der Waals surface area contributed by atoms with Crippen LogP contribution in [0.3, 0.4) is 0 Å². The van der Waals surface area contributed by atoms with Gasteiger partial charge >= 0.3 is 0 Å². The number of terminal acetylenes is 1. The predicted molar refractivity (Wildman–Crippen MR) is 130 cm³/mol. The summed E-state index contributed by atoms with van der Waals surface area (Å²) in [6, 6.07) is 22.8. The van der Waals surface area contributed by atoms with Gasteiger partial charge in [-0.1, -0.05) is 42.3 Å². The van der Waals surface area contributed by atoms with Crippen molar-refractivity contribution in [3.8, 4) is 23.8 Å². The molecular weight excluding hydrogens is 454 g/mol. The van der Waals surface area contributed by atoms with E-state index < -0.39 is 10.0 Å². The van der Waals surface area contributed by atoms with Crippen LogP contribution in [0.4, 0.5) is 0 Å². The van der Waals surface area contributed by atoms with Gasteiger partial charge in [0.2, 0.25) is 10.0 Å². The van der Waals surface area contributed by atoms with Crippen LogP contribution >= 0.6 is 11.3 Å². The average molecular weight is 476 g/mol. The van der Waals surface area contributed by atoms with Gasteiger partial charge in [-0.15, -0.1) is 17.8 Å². The van der Waals surface area contributed by atoms with Crippen molar-refractivity contribution in [2.24, 2.45) is 5.14 Å². The highest BCUT2D eigenvalue weighted by molar-refractivity contribution is 7.89. The number of primary sulfonamides is 1. The molecule has 166 valence electrons. The van der Waals surface area contributed by atoms with Gasteiger partial charge in [0.15, 0.2) is 11.5 Å². The molecule has 4 aromatic rings. The Balaban J connectivity index is 1.61. The number of sulfonamides is 1. The smallest absolute Gasteiger partial charge is 0.238 e. The number of hydrogen-bond acceptors (Lipinski definition) is 5. The Bertz CT molecular complexity index is 1450. The zero-order chi connectivity index (χ0) is 23.0. The number of hydrogen-bond donors (Lipinski definition) is 1. The van der Waals surface area contributed by atoms with E-state index in [9.17, 15) is 8.42 Å². The molecule has 5 nitrogen and oxygen atoms in total. The molecule has 5 rings (SSSR count). The summed E-state index contributed by atoms with van der Waals surface area (Å²) in [6.07, 6.45) is 6.18. The molecule has 2 heterocycles. The zero-order valence-corrected chi connectivity index (χ0v) is 19.2. The van der Waals surface area contributed by atoms with Gasteiger partial charge in [-0.05, 0) is 41.3 Å². The van der Waals surface area contributed by atoms with Crippen LogP contribution in [0.15, 0.2) is 77.7 Å². The fraction of sp³-hybridized carbons (Fsp3) is 0.154. The third-order valence-electron chi connectivity index (χ3n) is 5.76. The minimum absolute atomic E-state index is 0.0120. The fourth-order valence-electron chi connectivity index (χ4n) is 4.21. The van der Waals surface area contributed by atoms with Crippen LogP contribution in [0.2, 0.25) is 0 Å². The lowest BCUT2D eigenvalue weighted by atomic mass is 9.87.